The average molecular weight is 280 g/mol. The van der Waals surface area contributed by atoms with Crippen molar-refractivity contribution in [3.8, 4) is 5.75 Å². The Morgan fingerprint density at radius 1 is 1.21 bits per heavy atom. The molecule has 0 bridgehead atoms. The molecule has 0 fully saturated rings. The van der Waals surface area contributed by atoms with Crippen LogP contribution < -0.4 is 5.32 Å². The van der Waals surface area contributed by atoms with Gasteiger partial charge in [-0.05, 0) is 43.2 Å². The summed E-state index contributed by atoms with van der Waals surface area (Å²) >= 11 is 6.02. The number of hydrogen-bond acceptors (Lipinski definition) is 2. The number of phenols is 1. The smallest absolute Gasteiger partial charge is 0.124 e. The molecule has 0 heterocycles. The van der Waals surface area contributed by atoms with Gasteiger partial charge in [-0.1, -0.05) is 23.7 Å². The minimum Gasteiger partial charge on any atom is -0.508 e. The Morgan fingerprint density at radius 2 is 1.95 bits per heavy atom. The molecule has 0 saturated heterocycles. The molecule has 1 unspecified atom stereocenters. The Kier molecular flexibility index (Phi) is 3.96. The monoisotopic (exact) mass is 279 g/mol. The van der Waals surface area contributed by atoms with E-state index < -0.39 is 0 Å². The molecule has 2 aromatic rings. The number of rotatable bonds is 3. The number of phenolic OH excluding ortho intramolecular Hbond substituents is 1. The fourth-order valence-corrected chi connectivity index (χ4v) is 2.21. The number of benzene rings is 2. The van der Waals surface area contributed by atoms with Crippen LogP contribution in [0.15, 0.2) is 36.4 Å². The van der Waals surface area contributed by atoms with E-state index in [9.17, 15) is 9.50 Å². The molecule has 2 rings (SSSR count). The zero-order valence-corrected chi connectivity index (χ0v) is 11.5. The molecule has 2 N–H and O–H groups in total. The van der Waals surface area contributed by atoms with Gasteiger partial charge in [0.25, 0.3) is 0 Å². The summed E-state index contributed by atoms with van der Waals surface area (Å²) in [4.78, 5) is 0. The first kappa shape index (κ1) is 13.7. The fourth-order valence-electron chi connectivity index (χ4n) is 1.88. The van der Waals surface area contributed by atoms with E-state index in [1.807, 2.05) is 26.0 Å². The van der Waals surface area contributed by atoms with E-state index in [1.54, 1.807) is 12.1 Å². The van der Waals surface area contributed by atoms with Crippen molar-refractivity contribution in [2.24, 2.45) is 0 Å². The molecule has 4 heteroatoms. The van der Waals surface area contributed by atoms with E-state index in [0.717, 1.165) is 16.8 Å². The van der Waals surface area contributed by atoms with Crippen LogP contribution >= 0.6 is 11.6 Å². The van der Waals surface area contributed by atoms with Crippen molar-refractivity contribution in [2.75, 3.05) is 5.32 Å². The second-order valence-electron chi connectivity index (χ2n) is 4.53. The number of aromatic hydroxyl groups is 1. The SMILES string of the molecule is Cc1ccc(NC(C)c2ccc(F)cc2Cl)cc1O. The van der Waals surface area contributed by atoms with Crippen LogP contribution in [-0.4, -0.2) is 5.11 Å². The van der Waals surface area contributed by atoms with Crippen LogP contribution in [0.25, 0.3) is 0 Å². The second kappa shape index (κ2) is 5.49. The lowest BCUT2D eigenvalue weighted by atomic mass is 10.1. The van der Waals surface area contributed by atoms with Gasteiger partial charge in [0.05, 0.1) is 0 Å². The Labute approximate surface area is 116 Å². The maximum Gasteiger partial charge on any atom is 0.124 e. The van der Waals surface area contributed by atoms with Crippen molar-refractivity contribution in [1.29, 1.82) is 0 Å². The third kappa shape index (κ3) is 3.18. The highest BCUT2D eigenvalue weighted by atomic mass is 35.5. The van der Waals surface area contributed by atoms with Gasteiger partial charge in [-0.2, -0.15) is 0 Å². The van der Waals surface area contributed by atoms with Crippen LogP contribution in [0, 0.1) is 12.7 Å². The van der Waals surface area contributed by atoms with Crippen LogP contribution in [0.1, 0.15) is 24.1 Å². The van der Waals surface area contributed by atoms with Gasteiger partial charge in [-0.25, -0.2) is 4.39 Å². The Bertz CT molecular complexity index is 601. The topological polar surface area (TPSA) is 32.3 Å². The molecular formula is C15H15ClFNO. The maximum absolute atomic E-state index is 13.0. The largest absolute Gasteiger partial charge is 0.508 e. The summed E-state index contributed by atoms with van der Waals surface area (Å²) in [6.45, 7) is 3.76. The van der Waals surface area contributed by atoms with Gasteiger partial charge in [0, 0.05) is 22.8 Å². The zero-order valence-electron chi connectivity index (χ0n) is 10.7. The molecule has 1 atom stereocenters. The molecule has 0 aliphatic rings. The van der Waals surface area contributed by atoms with Crippen LogP contribution in [0.3, 0.4) is 0 Å². The molecule has 0 aliphatic carbocycles. The lowest BCUT2D eigenvalue weighted by Crippen LogP contribution is -2.07. The van der Waals surface area contributed by atoms with Crippen molar-refractivity contribution in [2.45, 2.75) is 19.9 Å². The standard InChI is InChI=1S/C15H15ClFNO/c1-9-3-5-12(8-15(9)19)18-10(2)13-6-4-11(17)7-14(13)16/h3-8,10,18-19H,1-2H3. The van der Waals surface area contributed by atoms with E-state index in [2.05, 4.69) is 5.32 Å². The van der Waals surface area contributed by atoms with Crippen LogP contribution in [-0.2, 0) is 0 Å². The van der Waals surface area contributed by atoms with Gasteiger partial charge < -0.3 is 10.4 Å². The molecule has 19 heavy (non-hydrogen) atoms. The van der Waals surface area contributed by atoms with Crippen molar-refractivity contribution in [3.63, 3.8) is 0 Å². The van der Waals surface area contributed by atoms with Gasteiger partial charge in [-0.3, -0.25) is 0 Å². The predicted molar refractivity (Wildman–Crippen MR) is 76.3 cm³/mol. The lowest BCUT2D eigenvalue weighted by molar-refractivity contribution is 0.471. The van der Waals surface area contributed by atoms with E-state index in [4.69, 9.17) is 11.6 Å². The van der Waals surface area contributed by atoms with E-state index in [-0.39, 0.29) is 17.6 Å². The van der Waals surface area contributed by atoms with E-state index in [1.165, 1.54) is 12.1 Å². The van der Waals surface area contributed by atoms with Gasteiger partial charge in [0.1, 0.15) is 11.6 Å². The Hall–Kier alpha value is -1.74. The van der Waals surface area contributed by atoms with E-state index in [0.29, 0.717) is 5.02 Å². The third-order valence-electron chi connectivity index (χ3n) is 3.02. The van der Waals surface area contributed by atoms with Gasteiger partial charge in [0.15, 0.2) is 0 Å². The normalized spacial score (nSPS) is 12.2. The van der Waals surface area contributed by atoms with Crippen molar-refractivity contribution >= 4 is 17.3 Å². The predicted octanol–water partition coefficient (Wildman–Crippen LogP) is 4.67. The molecular weight excluding hydrogens is 265 g/mol. The third-order valence-corrected chi connectivity index (χ3v) is 3.35. The first-order chi connectivity index (χ1) is 8.97. The number of anilines is 1. The quantitative estimate of drug-likeness (QED) is 0.856. The summed E-state index contributed by atoms with van der Waals surface area (Å²) in [7, 11) is 0. The highest BCUT2D eigenvalue weighted by Crippen LogP contribution is 2.28. The number of nitrogens with one attached hydrogen (secondary N) is 1. The number of halogens is 2. The van der Waals surface area contributed by atoms with E-state index >= 15 is 0 Å². The summed E-state index contributed by atoms with van der Waals surface area (Å²) < 4.78 is 13.0. The van der Waals surface area contributed by atoms with Gasteiger partial charge in [-0.15, -0.1) is 0 Å². The molecule has 0 radical (unpaired) electrons. The molecule has 2 aromatic carbocycles. The first-order valence-corrected chi connectivity index (χ1v) is 6.36. The first-order valence-electron chi connectivity index (χ1n) is 5.98. The molecule has 0 aliphatic heterocycles. The Balaban J connectivity index is 2.20. The van der Waals surface area contributed by atoms with Crippen LogP contribution in [0.2, 0.25) is 5.02 Å². The Morgan fingerprint density at radius 3 is 2.58 bits per heavy atom. The molecule has 2 nitrogen and oxygen atoms in total. The lowest BCUT2D eigenvalue weighted by Gasteiger charge is -2.17. The molecule has 100 valence electrons. The maximum atomic E-state index is 13.0. The minimum atomic E-state index is -0.353. The number of hydrogen-bond donors (Lipinski definition) is 2. The molecule has 0 spiro atoms. The van der Waals surface area contributed by atoms with Gasteiger partial charge in [0.2, 0.25) is 0 Å². The summed E-state index contributed by atoms with van der Waals surface area (Å²) in [5.41, 5.74) is 2.41. The van der Waals surface area contributed by atoms with Crippen molar-refractivity contribution < 1.29 is 9.50 Å². The van der Waals surface area contributed by atoms with Crippen molar-refractivity contribution in [3.05, 3.63) is 58.4 Å². The molecule has 0 saturated carbocycles. The summed E-state index contributed by atoms with van der Waals surface area (Å²) in [6, 6.07) is 9.61. The minimum absolute atomic E-state index is 0.0878. The summed E-state index contributed by atoms with van der Waals surface area (Å²) in [5, 5.41) is 13.3. The highest BCUT2D eigenvalue weighted by Gasteiger charge is 2.10. The average Bonchev–Trinajstić information content (AvgIpc) is 2.33. The zero-order chi connectivity index (χ0) is 14.0. The summed E-state index contributed by atoms with van der Waals surface area (Å²) in [5.74, 6) is -0.115. The van der Waals surface area contributed by atoms with Crippen LogP contribution in [0.5, 0.6) is 5.75 Å². The fraction of sp³-hybridized carbons (Fsp3) is 0.200. The van der Waals surface area contributed by atoms with Crippen LogP contribution in [0.4, 0.5) is 10.1 Å². The second-order valence-corrected chi connectivity index (χ2v) is 4.94. The van der Waals surface area contributed by atoms with Gasteiger partial charge >= 0.3 is 0 Å². The number of aryl methyl sites for hydroxylation is 1. The highest BCUT2D eigenvalue weighted by molar-refractivity contribution is 6.31. The molecule has 0 aromatic heterocycles. The molecule has 0 amide bonds. The van der Waals surface area contributed by atoms with Crippen molar-refractivity contribution in [1.82, 2.24) is 0 Å². The summed E-state index contributed by atoms with van der Waals surface area (Å²) in [6.07, 6.45) is 0.